The van der Waals surface area contributed by atoms with E-state index >= 15 is 0 Å². The van der Waals surface area contributed by atoms with Crippen LogP contribution in [0.2, 0.25) is 0 Å². The van der Waals surface area contributed by atoms with E-state index < -0.39 is 0 Å². The van der Waals surface area contributed by atoms with Crippen LogP contribution >= 0.6 is 0 Å². The number of rotatable bonds is 0. The van der Waals surface area contributed by atoms with Gasteiger partial charge in [-0.25, -0.2) is 0 Å². The van der Waals surface area contributed by atoms with Crippen molar-refractivity contribution >= 4 is 21.8 Å². The van der Waals surface area contributed by atoms with Gasteiger partial charge in [0.25, 0.3) is 0 Å². The number of benzene rings is 1. The fourth-order valence-electron chi connectivity index (χ4n) is 3.09. The van der Waals surface area contributed by atoms with Crippen LogP contribution in [0.4, 0.5) is 0 Å². The van der Waals surface area contributed by atoms with Crippen LogP contribution in [-0.2, 0) is 21.1 Å². The number of aromatic nitrogens is 2. The molecule has 5 heteroatoms. The molecule has 2 N–H and O–H groups in total. The van der Waals surface area contributed by atoms with Crippen LogP contribution in [0.15, 0.2) is 42.7 Å². The molecular weight excluding hydrogens is 479 g/mol. The zero-order valence-electron chi connectivity index (χ0n) is 13.7. The third-order valence-corrected chi connectivity index (χ3v) is 4.43. The van der Waals surface area contributed by atoms with Crippen molar-refractivity contribution in [2.45, 2.75) is 44.7 Å². The van der Waals surface area contributed by atoms with Gasteiger partial charge in [-0.2, -0.15) is 12.1 Å². The van der Waals surface area contributed by atoms with Crippen molar-refractivity contribution < 1.29 is 21.1 Å². The van der Waals surface area contributed by atoms with Crippen molar-refractivity contribution in [3.05, 3.63) is 59.8 Å². The van der Waals surface area contributed by atoms with Crippen LogP contribution in [0.5, 0.6) is 0 Å². The first-order chi connectivity index (χ1) is 11.2. The van der Waals surface area contributed by atoms with Gasteiger partial charge in [0, 0.05) is 23.2 Å². The van der Waals surface area contributed by atoms with E-state index in [0.29, 0.717) is 0 Å². The average molecular weight is 501 g/mol. The van der Waals surface area contributed by atoms with E-state index in [9.17, 15) is 0 Å². The Labute approximate surface area is 157 Å². The maximum atomic E-state index is 7.29. The van der Waals surface area contributed by atoms with Crippen LogP contribution in [0.1, 0.15) is 31.2 Å². The Bertz CT molecular complexity index is 796. The van der Waals surface area contributed by atoms with E-state index in [1.165, 1.54) is 23.8 Å². The van der Waals surface area contributed by atoms with E-state index in [0.717, 1.165) is 29.3 Å². The average Bonchev–Trinajstić information content (AvgIpc) is 2.59. The number of hydrogen-bond acceptors (Lipinski definition) is 2. The third kappa shape index (κ3) is 4.18. The fraction of sp³-hybridized carbons (Fsp3) is 0.368. The van der Waals surface area contributed by atoms with Gasteiger partial charge in [0.1, 0.15) is 0 Å². The van der Waals surface area contributed by atoms with E-state index in [1.54, 1.807) is 0 Å². The Morgan fingerprint density at radius 2 is 1.50 bits per heavy atom. The molecule has 0 amide bonds. The van der Waals surface area contributed by atoms with Gasteiger partial charge in [0.15, 0.2) is 0 Å². The topological polar surface area (TPSA) is 73.4 Å². The molecule has 2 atom stereocenters. The van der Waals surface area contributed by atoms with Crippen molar-refractivity contribution in [3.63, 3.8) is 0 Å². The Morgan fingerprint density at radius 1 is 0.917 bits per heavy atom. The molecule has 4 rings (SSSR count). The Morgan fingerprint density at radius 3 is 2.12 bits per heavy atom. The molecule has 3 aromatic rings. The van der Waals surface area contributed by atoms with Gasteiger partial charge >= 0.3 is 21.1 Å². The van der Waals surface area contributed by atoms with Gasteiger partial charge in [-0.05, 0) is 30.7 Å². The first-order valence-corrected chi connectivity index (χ1v) is 8.18. The molecule has 1 saturated carbocycles. The molecule has 4 nitrogen and oxygen atoms in total. The minimum Gasteiger partial charge on any atom is -0.676 e. The monoisotopic (exact) mass is 501 g/mol. The summed E-state index contributed by atoms with van der Waals surface area (Å²) >= 11 is 0. The molecule has 0 bridgehead atoms. The van der Waals surface area contributed by atoms with Crippen LogP contribution in [-0.4, -0.2) is 22.1 Å². The number of nitrogens with zero attached hydrogens (tertiary/aromatic N) is 2. The second-order valence-electron chi connectivity index (χ2n) is 6.17. The SMILES string of the molecule is Cc1cc2cccnc2c2ncccc12.[NH-]C1CCCC[C@@H]1[NH-].[Pt+2]. The Hall–Kier alpha value is -1.35. The molecule has 1 unspecified atom stereocenters. The van der Waals surface area contributed by atoms with Crippen LogP contribution in [0, 0.1) is 6.92 Å². The minimum absolute atomic E-state index is 0. The van der Waals surface area contributed by atoms with Crippen molar-refractivity contribution in [3.8, 4) is 0 Å². The zero-order valence-corrected chi connectivity index (χ0v) is 16.0. The summed E-state index contributed by atoms with van der Waals surface area (Å²) in [5.74, 6) is 0. The Balaban J connectivity index is 0.000000199. The normalized spacial score (nSPS) is 20.1. The van der Waals surface area contributed by atoms with E-state index in [1.807, 2.05) is 24.5 Å². The van der Waals surface area contributed by atoms with E-state index in [2.05, 4.69) is 35.1 Å². The Kier molecular flexibility index (Phi) is 6.85. The largest absolute Gasteiger partial charge is 2.00 e. The molecule has 0 spiro atoms. The van der Waals surface area contributed by atoms with Crippen molar-refractivity contribution in [2.75, 3.05) is 0 Å². The van der Waals surface area contributed by atoms with Crippen molar-refractivity contribution in [2.24, 2.45) is 0 Å². The zero-order chi connectivity index (χ0) is 16.2. The van der Waals surface area contributed by atoms with Gasteiger partial charge in [0.2, 0.25) is 0 Å². The van der Waals surface area contributed by atoms with Gasteiger partial charge in [-0.1, -0.05) is 37.8 Å². The molecule has 0 radical (unpaired) electrons. The summed E-state index contributed by atoms with van der Waals surface area (Å²) < 4.78 is 0. The number of fused-ring (bicyclic) bond motifs is 3. The van der Waals surface area contributed by atoms with E-state index in [4.69, 9.17) is 11.5 Å². The molecule has 2 aromatic heterocycles. The van der Waals surface area contributed by atoms with Crippen LogP contribution in [0.25, 0.3) is 33.3 Å². The van der Waals surface area contributed by atoms with Crippen molar-refractivity contribution in [1.82, 2.24) is 9.97 Å². The van der Waals surface area contributed by atoms with Gasteiger partial charge in [-0.3, -0.25) is 9.97 Å². The molecule has 0 saturated heterocycles. The van der Waals surface area contributed by atoms with Crippen LogP contribution < -0.4 is 0 Å². The van der Waals surface area contributed by atoms with Crippen molar-refractivity contribution in [1.29, 1.82) is 0 Å². The fourth-order valence-corrected chi connectivity index (χ4v) is 3.09. The van der Waals surface area contributed by atoms with Gasteiger partial charge in [0.05, 0.1) is 11.0 Å². The summed E-state index contributed by atoms with van der Waals surface area (Å²) in [5.41, 5.74) is 17.8. The van der Waals surface area contributed by atoms with E-state index in [-0.39, 0.29) is 33.1 Å². The molecule has 1 fully saturated rings. The summed E-state index contributed by atoms with van der Waals surface area (Å²) in [6.07, 6.45) is 7.87. The molecule has 1 aliphatic carbocycles. The maximum Gasteiger partial charge on any atom is 2.00 e. The molecule has 2 heterocycles. The van der Waals surface area contributed by atoms with Gasteiger partial charge in [-0.15, -0.1) is 0 Å². The maximum absolute atomic E-state index is 7.29. The first kappa shape index (κ1) is 19.0. The number of nitrogens with one attached hydrogen (secondary N) is 2. The molecular formula is C19H22N4Pt. The molecule has 1 aromatic carbocycles. The number of hydrogen-bond donors (Lipinski definition) is 0. The smallest absolute Gasteiger partial charge is 0.676 e. The number of aryl methyl sites for hydroxylation is 1. The third-order valence-electron chi connectivity index (χ3n) is 4.43. The predicted molar refractivity (Wildman–Crippen MR) is 96.5 cm³/mol. The summed E-state index contributed by atoms with van der Waals surface area (Å²) in [5, 5.41) is 2.34. The predicted octanol–water partition coefficient (Wildman–Crippen LogP) is 5.49. The second-order valence-corrected chi connectivity index (χ2v) is 6.17. The summed E-state index contributed by atoms with van der Waals surface area (Å²) in [7, 11) is 0. The second kappa shape index (κ2) is 8.66. The summed E-state index contributed by atoms with van der Waals surface area (Å²) in [4.78, 5) is 8.80. The molecule has 128 valence electrons. The quantitative estimate of drug-likeness (QED) is 0.382. The minimum atomic E-state index is -0.0799. The molecule has 1 aliphatic rings. The molecule has 0 aliphatic heterocycles. The molecule has 24 heavy (non-hydrogen) atoms. The summed E-state index contributed by atoms with van der Waals surface area (Å²) in [6.45, 7) is 2.11. The first-order valence-electron chi connectivity index (χ1n) is 8.18. The standard InChI is InChI=1S/C13H10N2.C6H12N2.Pt/c1-9-8-10-4-2-6-14-12(10)13-11(9)5-3-7-15-13;7-5-3-1-2-4-6(5)8;/h2-8H,1H3;5-8H,1-4H2;/q;-2;+2/t;5-,6?;/m.0./s1. The van der Waals surface area contributed by atoms with Gasteiger partial charge < -0.3 is 11.5 Å². The summed E-state index contributed by atoms with van der Waals surface area (Å²) in [6, 6.07) is 10.1. The van der Waals surface area contributed by atoms with Crippen LogP contribution in [0.3, 0.4) is 0 Å². The number of pyridine rings is 2.